The fraction of sp³-hybridized carbons (Fsp3) is 1.00. The second-order valence-corrected chi connectivity index (χ2v) is 5.60. The van der Waals surface area contributed by atoms with E-state index in [0.717, 1.165) is 45.8 Å². The van der Waals surface area contributed by atoms with Crippen LogP contribution in [-0.2, 0) is 0 Å². The third-order valence-corrected chi connectivity index (χ3v) is 4.53. The number of likely N-dealkylation sites (N-methyl/N-ethyl adjacent to an activating group) is 3. The summed E-state index contributed by atoms with van der Waals surface area (Å²) in [7, 11) is 5.88. The summed E-state index contributed by atoms with van der Waals surface area (Å²) >= 11 is 0. The van der Waals surface area contributed by atoms with Gasteiger partial charge in [-0.3, -0.25) is 0 Å². The molecule has 1 saturated heterocycles. The summed E-state index contributed by atoms with van der Waals surface area (Å²) in [6.45, 7) is 19.4. The van der Waals surface area contributed by atoms with Crippen LogP contribution in [0.3, 0.4) is 0 Å². The van der Waals surface area contributed by atoms with E-state index in [9.17, 15) is 0 Å². The van der Waals surface area contributed by atoms with E-state index in [2.05, 4.69) is 40.4 Å². The molecular weight excluding hydrogens is 247 g/mol. The van der Waals surface area contributed by atoms with Gasteiger partial charge < -0.3 is 19.6 Å². The molecule has 0 aromatic rings. The van der Waals surface area contributed by atoms with Crippen LogP contribution >= 0.6 is 0 Å². The Morgan fingerprint density at radius 1 is 0.550 bits per heavy atom. The quantitative estimate of drug-likeness (QED) is 0.691. The van der Waals surface area contributed by atoms with Gasteiger partial charge >= 0.3 is 0 Å². The van der Waals surface area contributed by atoms with E-state index in [1.807, 2.05) is 0 Å². The molecule has 0 N–H and O–H groups in total. The molecule has 116 valence electrons. The molecule has 1 aliphatic rings. The van der Waals surface area contributed by atoms with Gasteiger partial charge in [0.05, 0.1) is 7.85 Å². The lowest BCUT2D eigenvalue weighted by Crippen LogP contribution is -2.46. The summed E-state index contributed by atoms with van der Waals surface area (Å²) < 4.78 is 0. The van der Waals surface area contributed by atoms with Crippen molar-refractivity contribution in [2.45, 2.75) is 20.8 Å². The molecule has 2 radical (unpaired) electrons. The first-order valence-corrected chi connectivity index (χ1v) is 8.32. The Hall–Kier alpha value is -0.0951. The first kappa shape index (κ1) is 18.0. The van der Waals surface area contributed by atoms with Crippen molar-refractivity contribution in [1.82, 2.24) is 19.6 Å². The van der Waals surface area contributed by atoms with E-state index in [0.29, 0.717) is 6.44 Å². The van der Waals surface area contributed by atoms with Gasteiger partial charge in [0.1, 0.15) is 0 Å². The Balaban J connectivity index is 2.58. The average Bonchev–Trinajstić information content (AvgIpc) is 2.48. The maximum Gasteiger partial charge on any atom is 0.0863 e. The summed E-state index contributed by atoms with van der Waals surface area (Å²) in [6, 6.07) is 0. The predicted octanol–water partition coefficient (Wildman–Crippen LogP) is 0.394. The van der Waals surface area contributed by atoms with Crippen LogP contribution in [0.4, 0.5) is 0 Å². The monoisotopic (exact) mass is 280 g/mol. The van der Waals surface area contributed by atoms with Crippen LogP contribution < -0.4 is 0 Å². The van der Waals surface area contributed by atoms with Crippen molar-refractivity contribution in [3.8, 4) is 0 Å². The zero-order valence-corrected chi connectivity index (χ0v) is 13.9. The minimum absolute atomic E-state index is 0.677. The third kappa shape index (κ3) is 6.57. The molecule has 4 nitrogen and oxygen atoms in total. The molecule has 5 heteroatoms. The maximum atomic E-state index is 5.88. The van der Waals surface area contributed by atoms with Gasteiger partial charge in [-0.15, -0.1) is 0 Å². The van der Waals surface area contributed by atoms with Crippen molar-refractivity contribution in [2.75, 3.05) is 78.4 Å². The van der Waals surface area contributed by atoms with Crippen LogP contribution in [-0.4, -0.2) is 106 Å². The molecule has 0 aromatic carbocycles. The molecular formula is C15H33BN4. The standard InChI is InChI=1S/C15H33BN4/c1-4-17-7-9-18(5-2)11-13-20(15-16)14-12-19(6-3)10-8-17/h4-15H2,1-3H3. The second kappa shape index (κ2) is 10.6. The van der Waals surface area contributed by atoms with Crippen LogP contribution in [0.5, 0.6) is 0 Å². The highest BCUT2D eigenvalue weighted by atomic mass is 15.3. The smallest absolute Gasteiger partial charge is 0.0863 e. The van der Waals surface area contributed by atoms with E-state index in [1.165, 1.54) is 26.2 Å². The highest BCUT2D eigenvalue weighted by Crippen LogP contribution is 1.99. The molecule has 0 aromatic heterocycles. The van der Waals surface area contributed by atoms with Gasteiger partial charge in [-0.05, 0) is 26.1 Å². The molecule has 1 fully saturated rings. The van der Waals surface area contributed by atoms with Gasteiger partial charge in [0.25, 0.3) is 0 Å². The Morgan fingerprint density at radius 2 is 0.800 bits per heavy atom. The first-order valence-electron chi connectivity index (χ1n) is 8.32. The Kier molecular flexibility index (Phi) is 9.52. The highest BCUT2D eigenvalue weighted by molar-refractivity contribution is 6.08. The molecule has 0 saturated carbocycles. The van der Waals surface area contributed by atoms with E-state index >= 15 is 0 Å². The minimum atomic E-state index is 0.677. The fourth-order valence-corrected chi connectivity index (χ4v) is 2.71. The van der Waals surface area contributed by atoms with Crippen molar-refractivity contribution in [2.24, 2.45) is 0 Å². The van der Waals surface area contributed by atoms with Gasteiger partial charge in [-0.25, -0.2) is 0 Å². The summed E-state index contributed by atoms with van der Waals surface area (Å²) in [5.41, 5.74) is 0. The molecule has 1 heterocycles. The first-order chi connectivity index (χ1) is 9.73. The Bertz CT molecular complexity index is 176. The predicted molar refractivity (Wildman–Crippen MR) is 88.5 cm³/mol. The molecule has 1 aliphatic heterocycles. The second-order valence-electron chi connectivity index (χ2n) is 5.60. The lowest BCUT2D eigenvalue weighted by molar-refractivity contribution is 0.148. The molecule has 0 aliphatic carbocycles. The molecule has 0 unspecified atom stereocenters. The van der Waals surface area contributed by atoms with Gasteiger partial charge in [-0.2, -0.15) is 0 Å². The topological polar surface area (TPSA) is 13.0 Å². The van der Waals surface area contributed by atoms with Crippen LogP contribution in [0.1, 0.15) is 20.8 Å². The fourth-order valence-electron chi connectivity index (χ4n) is 2.71. The molecule has 20 heavy (non-hydrogen) atoms. The minimum Gasteiger partial charge on any atom is -0.310 e. The lowest BCUT2D eigenvalue weighted by Gasteiger charge is -2.33. The zero-order valence-electron chi connectivity index (χ0n) is 13.9. The van der Waals surface area contributed by atoms with Gasteiger partial charge in [0.2, 0.25) is 0 Å². The largest absolute Gasteiger partial charge is 0.310 e. The van der Waals surface area contributed by atoms with Gasteiger partial charge in [-0.1, -0.05) is 20.8 Å². The summed E-state index contributed by atoms with van der Waals surface area (Å²) in [4.78, 5) is 10.0. The lowest BCUT2D eigenvalue weighted by atomic mass is 10.1. The van der Waals surface area contributed by atoms with Crippen molar-refractivity contribution >= 4 is 7.85 Å². The van der Waals surface area contributed by atoms with Crippen LogP contribution in [0, 0.1) is 0 Å². The van der Waals surface area contributed by atoms with Crippen molar-refractivity contribution in [1.29, 1.82) is 0 Å². The van der Waals surface area contributed by atoms with Crippen LogP contribution in [0.2, 0.25) is 0 Å². The van der Waals surface area contributed by atoms with E-state index in [4.69, 9.17) is 7.85 Å². The number of rotatable bonds is 4. The molecule has 1 rings (SSSR count). The van der Waals surface area contributed by atoms with Gasteiger partial charge in [0.15, 0.2) is 0 Å². The molecule has 0 atom stereocenters. The summed E-state index contributed by atoms with van der Waals surface area (Å²) in [5.74, 6) is 0. The normalized spacial score (nSPS) is 23.4. The van der Waals surface area contributed by atoms with E-state index < -0.39 is 0 Å². The molecule has 0 amide bonds. The van der Waals surface area contributed by atoms with Crippen molar-refractivity contribution < 1.29 is 0 Å². The summed E-state index contributed by atoms with van der Waals surface area (Å²) in [6.07, 6.45) is 0.677. The average molecular weight is 280 g/mol. The van der Waals surface area contributed by atoms with Crippen LogP contribution in [0.25, 0.3) is 0 Å². The molecule has 0 bridgehead atoms. The SMILES string of the molecule is [B]CN1CCN(CC)CCN(CC)CCN(CC)CC1. The number of nitrogens with zero attached hydrogens (tertiary/aromatic N) is 4. The van der Waals surface area contributed by atoms with Crippen molar-refractivity contribution in [3.63, 3.8) is 0 Å². The Labute approximate surface area is 127 Å². The van der Waals surface area contributed by atoms with Crippen molar-refractivity contribution in [3.05, 3.63) is 0 Å². The zero-order chi connectivity index (χ0) is 14.8. The number of hydrogen-bond acceptors (Lipinski definition) is 4. The number of hydrogen-bond donors (Lipinski definition) is 0. The summed E-state index contributed by atoms with van der Waals surface area (Å²) in [5, 5.41) is 0. The van der Waals surface area contributed by atoms with Crippen LogP contribution in [0.15, 0.2) is 0 Å². The molecule has 0 spiro atoms. The highest BCUT2D eigenvalue weighted by Gasteiger charge is 2.13. The van der Waals surface area contributed by atoms with E-state index in [1.54, 1.807) is 0 Å². The van der Waals surface area contributed by atoms with Gasteiger partial charge in [0, 0.05) is 52.4 Å². The third-order valence-electron chi connectivity index (χ3n) is 4.53. The van der Waals surface area contributed by atoms with E-state index in [-0.39, 0.29) is 0 Å². The Morgan fingerprint density at radius 3 is 1.00 bits per heavy atom. The maximum absolute atomic E-state index is 5.88.